The summed E-state index contributed by atoms with van der Waals surface area (Å²) in [4.78, 5) is 11.3. The number of carbonyl (C=O) groups excluding carboxylic acids is 1. The third-order valence-corrected chi connectivity index (χ3v) is 4.17. The normalized spacial score (nSPS) is 17.4. The first-order valence-corrected chi connectivity index (χ1v) is 6.72. The SMILES string of the molecule is O=C(S)c1cccc(C2CCCCC2)c1[Si]. The van der Waals surface area contributed by atoms with Gasteiger partial charge in [-0.05, 0) is 24.3 Å². The number of carbonyl (C=O) groups is 1. The standard InChI is InChI=1S/C13H15OSSi/c14-13(15)11-8-4-7-10(12(11)16)9-5-2-1-3-6-9/h4,7-9H,1-3,5-6H2,(H,14,15). The zero-order chi connectivity index (χ0) is 11.5. The van der Waals surface area contributed by atoms with Crippen LogP contribution in [0.5, 0.6) is 0 Å². The minimum atomic E-state index is -0.164. The quantitative estimate of drug-likeness (QED) is 0.628. The van der Waals surface area contributed by atoms with Crippen molar-refractivity contribution in [1.82, 2.24) is 0 Å². The highest BCUT2D eigenvalue weighted by atomic mass is 32.1. The predicted octanol–water partition coefficient (Wildman–Crippen LogP) is 2.60. The van der Waals surface area contributed by atoms with Crippen LogP contribution in [0.2, 0.25) is 0 Å². The number of rotatable bonds is 2. The number of hydrogen-bond acceptors (Lipinski definition) is 1. The Bertz CT molecular complexity index is 397. The van der Waals surface area contributed by atoms with Gasteiger partial charge < -0.3 is 0 Å². The van der Waals surface area contributed by atoms with Crippen molar-refractivity contribution in [2.75, 3.05) is 0 Å². The van der Waals surface area contributed by atoms with E-state index in [1.165, 1.54) is 37.7 Å². The van der Waals surface area contributed by atoms with Crippen molar-refractivity contribution in [3.05, 3.63) is 29.3 Å². The molecule has 0 atom stereocenters. The Hall–Kier alpha value is -0.543. The number of hydrogen-bond donors (Lipinski definition) is 1. The maximum atomic E-state index is 11.3. The Morgan fingerprint density at radius 3 is 2.56 bits per heavy atom. The summed E-state index contributed by atoms with van der Waals surface area (Å²) in [6, 6.07) is 5.90. The molecule has 0 heterocycles. The first kappa shape index (κ1) is 11.9. The second kappa shape index (κ2) is 5.19. The molecule has 16 heavy (non-hydrogen) atoms. The van der Waals surface area contributed by atoms with Crippen molar-refractivity contribution in [1.29, 1.82) is 0 Å². The molecule has 0 aromatic heterocycles. The minimum Gasteiger partial charge on any atom is -0.282 e. The van der Waals surface area contributed by atoms with Gasteiger partial charge in [-0.15, -0.1) is 12.6 Å². The Morgan fingerprint density at radius 2 is 1.94 bits per heavy atom. The maximum Gasteiger partial charge on any atom is 0.216 e. The van der Waals surface area contributed by atoms with Crippen LogP contribution < -0.4 is 5.19 Å². The summed E-state index contributed by atoms with van der Waals surface area (Å²) in [5.41, 5.74) is 1.96. The molecule has 0 amide bonds. The van der Waals surface area contributed by atoms with Gasteiger partial charge in [-0.25, -0.2) is 0 Å². The molecule has 0 aliphatic heterocycles. The molecular weight excluding hydrogens is 232 g/mol. The van der Waals surface area contributed by atoms with Gasteiger partial charge in [0.1, 0.15) is 0 Å². The largest absolute Gasteiger partial charge is 0.282 e. The van der Waals surface area contributed by atoms with E-state index >= 15 is 0 Å². The molecule has 3 heteroatoms. The second-order valence-corrected chi connectivity index (χ2v) is 5.32. The van der Waals surface area contributed by atoms with E-state index in [0.717, 1.165) is 5.19 Å². The highest BCUT2D eigenvalue weighted by Gasteiger charge is 2.19. The average Bonchev–Trinajstić information content (AvgIpc) is 2.30. The van der Waals surface area contributed by atoms with Crippen LogP contribution in [0.4, 0.5) is 0 Å². The molecule has 0 bridgehead atoms. The van der Waals surface area contributed by atoms with Crippen LogP contribution >= 0.6 is 12.6 Å². The van der Waals surface area contributed by atoms with Gasteiger partial charge in [-0.3, -0.25) is 4.79 Å². The third-order valence-electron chi connectivity index (χ3n) is 3.37. The molecule has 0 saturated heterocycles. The van der Waals surface area contributed by atoms with Gasteiger partial charge in [0.15, 0.2) is 0 Å². The van der Waals surface area contributed by atoms with Crippen molar-refractivity contribution in [3.8, 4) is 0 Å². The van der Waals surface area contributed by atoms with E-state index in [1.807, 2.05) is 12.1 Å². The van der Waals surface area contributed by atoms with E-state index in [1.54, 1.807) is 0 Å². The van der Waals surface area contributed by atoms with Crippen LogP contribution in [0.25, 0.3) is 0 Å². The van der Waals surface area contributed by atoms with Gasteiger partial charge in [0.05, 0.1) is 10.2 Å². The summed E-state index contributed by atoms with van der Waals surface area (Å²) in [5.74, 6) is 0.605. The lowest BCUT2D eigenvalue weighted by atomic mass is 9.83. The van der Waals surface area contributed by atoms with Gasteiger partial charge in [0, 0.05) is 5.56 Å². The molecule has 0 unspecified atom stereocenters. The summed E-state index contributed by atoms with van der Waals surface area (Å²) < 4.78 is 0. The fraction of sp³-hybridized carbons (Fsp3) is 0.462. The molecule has 1 fully saturated rings. The van der Waals surface area contributed by atoms with E-state index < -0.39 is 0 Å². The molecule has 1 aliphatic carbocycles. The van der Waals surface area contributed by atoms with Gasteiger partial charge >= 0.3 is 0 Å². The summed E-state index contributed by atoms with van der Waals surface area (Å²) in [6.07, 6.45) is 6.42. The van der Waals surface area contributed by atoms with Gasteiger partial charge in [-0.2, -0.15) is 0 Å². The van der Waals surface area contributed by atoms with Crippen LogP contribution in [-0.2, 0) is 0 Å². The third kappa shape index (κ3) is 2.41. The molecule has 1 saturated carbocycles. The Kier molecular flexibility index (Phi) is 3.87. The Balaban J connectivity index is 2.33. The van der Waals surface area contributed by atoms with Crippen molar-refractivity contribution >= 4 is 33.2 Å². The Morgan fingerprint density at radius 1 is 1.25 bits per heavy atom. The molecule has 0 N–H and O–H groups in total. The lowest BCUT2D eigenvalue weighted by Crippen LogP contribution is -2.21. The zero-order valence-corrected chi connectivity index (χ0v) is 11.1. The van der Waals surface area contributed by atoms with E-state index in [-0.39, 0.29) is 5.12 Å². The fourth-order valence-electron chi connectivity index (χ4n) is 2.50. The second-order valence-electron chi connectivity index (χ2n) is 4.41. The van der Waals surface area contributed by atoms with E-state index in [2.05, 4.69) is 28.9 Å². The van der Waals surface area contributed by atoms with Crippen LogP contribution in [0.15, 0.2) is 18.2 Å². The van der Waals surface area contributed by atoms with E-state index in [4.69, 9.17) is 0 Å². The molecule has 2 rings (SSSR count). The van der Waals surface area contributed by atoms with Crippen LogP contribution in [0.3, 0.4) is 0 Å². The van der Waals surface area contributed by atoms with Gasteiger partial charge in [0.25, 0.3) is 0 Å². The van der Waals surface area contributed by atoms with Gasteiger partial charge in [0.2, 0.25) is 5.12 Å². The molecule has 1 aromatic rings. The summed E-state index contributed by atoms with van der Waals surface area (Å²) in [6.45, 7) is 0. The number of thiol groups is 1. The van der Waals surface area contributed by atoms with E-state index in [9.17, 15) is 4.79 Å². The highest BCUT2D eigenvalue weighted by Crippen LogP contribution is 2.31. The Labute approximate surface area is 105 Å². The highest BCUT2D eigenvalue weighted by molar-refractivity contribution is 7.97. The predicted molar refractivity (Wildman–Crippen MR) is 71.0 cm³/mol. The zero-order valence-electron chi connectivity index (χ0n) is 9.20. The van der Waals surface area contributed by atoms with Crippen LogP contribution in [0.1, 0.15) is 53.9 Å². The van der Waals surface area contributed by atoms with Gasteiger partial charge in [-0.1, -0.05) is 42.6 Å². The minimum absolute atomic E-state index is 0.164. The first-order valence-electron chi connectivity index (χ1n) is 5.78. The molecule has 83 valence electrons. The van der Waals surface area contributed by atoms with Crippen molar-refractivity contribution in [2.45, 2.75) is 38.0 Å². The molecule has 1 aromatic carbocycles. The molecule has 3 radical (unpaired) electrons. The lowest BCUT2D eigenvalue weighted by Gasteiger charge is -2.24. The first-order chi connectivity index (χ1) is 7.70. The van der Waals surface area contributed by atoms with Crippen molar-refractivity contribution in [2.24, 2.45) is 0 Å². The van der Waals surface area contributed by atoms with Crippen LogP contribution in [-0.4, -0.2) is 15.4 Å². The molecular formula is C13H15OSSi. The summed E-state index contributed by atoms with van der Waals surface area (Å²) in [7, 11) is 3.60. The maximum absolute atomic E-state index is 11.3. The van der Waals surface area contributed by atoms with Crippen molar-refractivity contribution in [3.63, 3.8) is 0 Å². The summed E-state index contributed by atoms with van der Waals surface area (Å²) in [5, 5.41) is 0.775. The molecule has 0 spiro atoms. The topological polar surface area (TPSA) is 17.1 Å². The number of benzene rings is 1. The fourth-order valence-corrected chi connectivity index (χ4v) is 3.28. The smallest absolute Gasteiger partial charge is 0.216 e. The average molecular weight is 247 g/mol. The van der Waals surface area contributed by atoms with Crippen molar-refractivity contribution < 1.29 is 4.79 Å². The van der Waals surface area contributed by atoms with E-state index in [0.29, 0.717) is 11.5 Å². The van der Waals surface area contributed by atoms with Crippen LogP contribution in [0, 0.1) is 0 Å². The molecule has 1 aliphatic rings. The lowest BCUT2D eigenvalue weighted by molar-refractivity contribution is 0.109. The summed E-state index contributed by atoms with van der Waals surface area (Å²) >= 11 is 3.90. The monoisotopic (exact) mass is 247 g/mol. The molecule has 1 nitrogen and oxygen atoms in total.